The summed E-state index contributed by atoms with van der Waals surface area (Å²) in [6.45, 7) is 6.13. The Labute approximate surface area is 176 Å². The van der Waals surface area contributed by atoms with E-state index in [2.05, 4.69) is 70.3 Å². The Morgan fingerprint density at radius 3 is 2.90 bits per heavy atom. The molecule has 4 heterocycles. The van der Waals surface area contributed by atoms with Gasteiger partial charge in [0, 0.05) is 25.5 Å². The lowest BCUT2D eigenvalue weighted by Gasteiger charge is -2.36. The Kier molecular flexibility index (Phi) is 4.91. The van der Waals surface area contributed by atoms with Gasteiger partial charge in [0.05, 0.1) is 17.8 Å². The van der Waals surface area contributed by atoms with Crippen LogP contribution in [0.15, 0.2) is 35.7 Å². The van der Waals surface area contributed by atoms with Crippen molar-refractivity contribution in [1.82, 2.24) is 25.7 Å². The van der Waals surface area contributed by atoms with Crippen molar-refractivity contribution in [2.24, 2.45) is 5.10 Å². The summed E-state index contributed by atoms with van der Waals surface area (Å²) >= 11 is 1.53. The first-order valence-electron chi connectivity index (χ1n) is 10.4. The van der Waals surface area contributed by atoms with Gasteiger partial charge in [-0.3, -0.25) is 10.2 Å². The number of fused-ring (bicyclic) bond motifs is 3. The highest BCUT2D eigenvalue weighted by Gasteiger charge is 2.44. The van der Waals surface area contributed by atoms with Crippen LogP contribution in [0, 0.1) is 13.8 Å². The lowest BCUT2D eigenvalue weighted by molar-refractivity contribution is -0.127. The molecule has 7 nitrogen and oxygen atoms in total. The van der Waals surface area contributed by atoms with E-state index >= 15 is 0 Å². The van der Waals surface area contributed by atoms with Crippen molar-refractivity contribution < 1.29 is 4.79 Å². The maximum atomic E-state index is 12.4. The predicted molar refractivity (Wildman–Crippen MR) is 116 cm³/mol. The molecule has 0 aliphatic carbocycles. The van der Waals surface area contributed by atoms with Gasteiger partial charge in [-0.05, 0) is 44.2 Å². The Hall–Kier alpha value is -2.19. The third kappa shape index (κ3) is 3.48. The SMILES string of the molecule is Cc1ccc(C)c(C2CC3C4NN=C(SCC(=O)N5CCCC5)N4C=CN3N2)c1. The number of hydrazone groups is 1. The number of hydrazine groups is 1. The Bertz CT molecular complexity index is 865. The van der Waals surface area contributed by atoms with Crippen LogP contribution in [0.1, 0.15) is 42.0 Å². The number of benzene rings is 1. The van der Waals surface area contributed by atoms with Crippen LogP contribution in [0.2, 0.25) is 0 Å². The average molecular weight is 413 g/mol. The summed E-state index contributed by atoms with van der Waals surface area (Å²) < 4.78 is 0. The van der Waals surface area contributed by atoms with Gasteiger partial charge in [-0.2, -0.15) is 5.10 Å². The van der Waals surface area contributed by atoms with Crippen molar-refractivity contribution in [3.8, 4) is 0 Å². The molecule has 1 aromatic rings. The van der Waals surface area contributed by atoms with Crippen molar-refractivity contribution in [1.29, 1.82) is 0 Å². The van der Waals surface area contributed by atoms with Crippen LogP contribution in [0.25, 0.3) is 0 Å². The zero-order valence-corrected chi connectivity index (χ0v) is 17.8. The zero-order valence-electron chi connectivity index (χ0n) is 17.0. The van der Waals surface area contributed by atoms with Crippen LogP contribution in [0.3, 0.4) is 0 Å². The Balaban J connectivity index is 1.24. The smallest absolute Gasteiger partial charge is 0.233 e. The van der Waals surface area contributed by atoms with E-state index in [0.717, 1.165) is 37.5 Å². The van der Waals surface area contributed by atoms with E-state index in [1.54, 1.807) is 0 Å². The van der Waals surface area contributed by atoms with Gasteiger partial charge < -0.3 is 14.8 Å². The number of nitrogens with one attached hydrogen (secondary N) is 2. The van der Waals surface area contributed by atoms with Gasteiger partial charge in [0.2, 0.25) is 5.91 Å². The minimum atomic E-state index is 0.0898. The van der Waals surface area contributed by atoms with Gasteiger partial charge in [0.15, 0.2) is 5.17 Å². The number of aryl methyl sites for hydroxylation is 2. The number of thioether (sulfide) groups is 1. The highest BCUT2D eigenvalue weighted by molar-refractivity contribution is 8.14. The summed E-state index contributed by atoms with van der Waals surface area (Å²) in [6, 6.07) is 7.23. The molecule has 2 saturated heterocycles. The number of carbonyl (C=O) groups excluding carboxylic acids is 1. The van der Waals surface area contributed by atoms with Crippen LogP contribution >= 0.6 is 11.8 Å². The summed E-state index contributed by atoms with van der Waals surface area (Å²) in [4.78, 5) is 16.5. The molecule has 1 aromatic carbocycles. The lowest BCUT2D eigenvalue weighted by atomic mass is 9.95. The molecule has 154 valence electrons. The number of amidine groups is 1. The second-order valence-corrected chi connectivity index (χ2v) is 9.24. The van der Waals surface area contributed by atoms with Crippen molar-refractivity contribution in [2.45, 2.75) is 51.4 Å². The van der Waals surface area contributed by atoms with Crippen LogP contribution in [0.4, 0.5) is 0 Å². The summed E-state index contributed by atoms with van der Waals surface area (Å²) in [5.74, 6) is 0.675. The number of amides is 1. The summed E-state index contributed by atoms with van der Waals surface area (Å²) in [6.07, 6.45) is 7.50. The van der Waals surface area contributed by atoms with E-state index in [1.165, 1.54) is 28.5 Å². The average Bonchev–Trinajstić information content (AvgIpc) is 3.46. The number of hydrogen-bond acceptors (Lipinski definition) is 7. The molecule has 4 aliphatic rings. The summed E-state index contributed by atoms with van der Waals surface area (Å²) in [7, 11) is 0. The molecule has 3 unspecified atom stereocenters. The highest BCUT2D eigenvalue weighted by Crippen LogP contribution is 2.36. The Morgan fingerprint density at radius 2 is 2.07 bits per heavy atom. The number of hydrogen-bond donors (Lipinski definition) is 2. The van der Waals surface area contributed by atoms with Gasteiger partial charge >= 0.3 is 0 Å². The molecule has 0 radical (unpaired) electrons. The highest BCUT2D eigenvalue weighted by atomic mass is 32.2. The van der Waals surface area contributed by atoms with Crippen molar-refractivity contribution in [2.75, 3.05) is 18.8 Å². The van der Waals surface area contributed by atoms with Crippen molar-refractivity contribution in [3.05, 3.63) is 47.3 Å². The molecule has 2 N–H and O–H groups in total. The minimum absolute atomic E-state index is 0.0898. The molecule has 0 bridgehead atoms. The second-order valence-electron chi connectivity index (χ2n) is 8.30. The largest absolute Gasteiger partial charge is 0.342 e. The van der Waals surface area contributed by atoms with Crippen molar-refractivity contribution >= 4 is 22.8 Å². The maximum absolute atomic E-state index is 12.4. The fourth-order valence-corrected chi connectivity index (χ4v) is 5.55. The van der Waals surface area contributed by atoms with E-state index in [9.17, 15) is 4.79 Å². The molecule has 3 atom stereocenters. The molecule has 1 amide bonds. The van der Waals surface area contributed by atoms with Crippen LogP contribution in [-0.2, 0) is 4.79 Å². The second kappa shape index (κ2) is 7.57. The number of rotatable bonds is 3. The molecular formula is C21H28N6OS. The fraction of sp³-hybridized carbons (Fsp3) is 0.524. The number of carbonyl (C=O) groups is 1. The number of likely N-dealkylation sites (tertiary alicyclic amines) is 1. The fourth-order valence-electron chi connectivity index (χ4n) is 4.67. The number of nitrogens with zero attached hydrogens (tertiary/aromatic N) is 4. The van der Waals surface area contributed by atoms with E-state index in [4.69, 9.17) is 0 Å². The molecule has 29 heavy (non-hydrogen) atoms. The molecule has 0 spiro atoms. The first-order valence-corrected chi connectivity index (χ1v) is 11.4. The standard InChI is InChI=1S/C21H28N6OS/c1-14-5-6-15(2)16(11-14)17-12-18-20-22-23-21(26(20)9-10-27(18)24-17)29-13-19(28)25-7-3-4-8-25/h5-6,9-11,17-18,20,22,24H,3-4,7-8,12-13H2,1-2H3. The molecule has 2 fully saturated rings. The molecule has 0 saturated carbocycles. The molecule has 8 heteroatoms. The third-order valence-corrected chi connectivity index (χ3v) is 7.25. The lowest BCUT2D eigenvalue weighted by Crippen LogP contribution is -2.54. The first kappa shape index (κ1) is 18.8. The molecule has 5 rings (SSSR count). The maximum Gasteiger partial charge on any atom is 0.233 e. The van der Waals surface area contributed by atoms with Crippen LogP contribution in [-0.4, -0.2) is 56.9 Å². The summed E-state index contributed by atoms with van der Waals surface area (Å²) in [5.41, 5.74) is 10.9. The molecule has 0 aromatic heterocycles. The quantitative estimate of drug-likeness (QED) is 0.794. The topological polar surface area (TPSA) is 63.2 Å². The molecular weight excluding hydrogens is 384 g/mol. The summed E-state index contributed by atoms with van der Waals surface area (Å²) in [5, 5.41) is 7.64. The van der Waals surface area contributed by atoms with Gasteiger partial charge in [-0.1, -0.05) is 35.5 Å². The normalized spacial score (nSPS) is 27.7. The molecule has 4 aliphatic heterocycles. The Morgan fingerprint density at radius 1 is 1.24 bits per heavy atom. The zero-order chi connectivity index (χ0) is 20.0. The first-order chi connectivity index (χ1) is 14.1. The van der Waals surface area contributed by atoms with Gasteiger partial charge in [0.25, 0.3) is 0 Å². The van der Waals surface area contributed by atoms with Crippen LogP contribution < -0.4 is 10.9 Å². The van der Waals surface area contributed by atoms with Gasteiger partial charge in [0.1, 0.15) is 6.17 Å². The van der Waals surface area contributed by atoms with Gasteiger partial charge in [-0.15, -0.1) is 0 Å². The minimum Gasteiger partial charge on any atom is -0.342 e. The van der Waals surface area contributed by atoms with E-state index in [0.29, 0.717) is 11.8 Å². The van der Waals surface area contributed by atoms with E-state index < -0.39 is 0 Å². The monoisotopic (exact) mass is 412 g/mol. The van der Waals surface area contributed by atoms with Gasteiger partial charge in [-0.25, -0.2) is 5.43 Å². The third-order valence-electron chi connectivity index (χ3n) is 6.30. The van der Waals surface area contributed by atoms with E-state index in [-0.39, 0.29) is 18.1 Å². The van der Waals surface area contributed by atoms with Crippen molar-refractivity contribution in [3.63, 3.8) is 0 Å². The predicted octanol–water partition coefficient (Wildman–Crippen LogP) is 2.27. The van der Waals surface area contributed by atoms with E-state index in [1.807, 2.05) is 4.90 Å². The van der Waals surface area contributed by atoms with Crippen LogP contribution in [0.5, 0.6) is 0 Å².